The molecule has 0 amide bonds. The number of fused-ring (bicyclic) bond motifs is 1. The summed E-state index contributed by atoms with van der Waals surface area (Å²) < 4.78 is 14.9. The first-order valence-corrected chi connectivity index (χ1v) is 10.5. The van der Waals surface area contributed by atoms with E-state index in [4.69, 9.17) is 4.98 Å². The zero-order chi connectivity index (χ0) is 20.4. The fourth-order valence-electron chi connectivity index (χ4n) is 3.33. The molecule has 4 aromatic rings. The van der Waals surface area contributed by atoms with E-state index in [1.165, 1.54) is 23.9 Å². The molecule has 0 fully saturated rings. The minimum Gasteiger partial charge on any atom is -0.268 e. The Bertz CT molecular complexity index is 1220. The Hall–Kier alpha value is -2.92. The van der Waals surface area contributed by atoms with E-state index in [2.05, 4.69) is 19.9 Å². The fraction of sp³-hybridized carbons (Fsp3) is 0.167. The van der Waals surface area contributed by atoms with Gasteiger partial charge in [0.15, 0.2) is 5.16 Å². The van der Waals surface area contributed by atoms with Crippen LogP contribution in [0.2, 0.25) is 0 Å². The van der Waals surface area contributed by atoms with Crippen molar-refractivity contribution in [2.45, 2.75) is 30.7 Å². The van der Waals surface area contributed by atoms with Crippen molar-refractivity contribution in [3.63, 3.8) is 0 Å². The molecule has 0 N–H and O–H groups in total. The lowest BCUT2D eigenvalue weighted by Gasteiger charge is -2.18. The summed E-state index contributed by atoms with van der Waals surface area (Å²) in [6.07, 6.45) is 0. The molecule has 0 atom stereocenters. The van der Waals surface area contributed by atoms with Gasteiger partial charge in [-0.05, 0) is 47.4 Å². The van der Waals surface area contributed by atoms with Crippen molar-refractivity contribution in [3.8, 4) is 5.69 Å². The highest BCUT2D eigenvalue weighted by Gasteiger charge is 2.17. The largest absolute Gasteiger partial charge is 0.268 e. The number of hydrogen-bond acceptors (Lipinski definition) is 3. The number of para-hydroxylation sites is 2. The Morgan fingerprint density at radius 3 is 2.41 bits per heavy atom. The van der Waals surface area contributed by atoms with Crippen LogP contribution < -0.4 is 5.56 Å². The molecule has 3 aromatic carbocycles. The van der Waals surface area contributed by atoms with Crippen molar-refractivity contribution in [3.05, 3.63) is 100 Å². The minimum absolute atomic E-state index is 0.0784. The highest BCUT2D eigenvalue weighted by Crippen LogP contribution is 2.28. The van der Waals surface area contributed by atoms with Gasteiger partial charge >= 0.3 is 0 Å². The maximum Gasteiger partial charge on any atom is 0.266 e. The van der Waals surface area contributed by atoms with E-state index >= 15 is 0 Å². The quantitative estimate of drug-likeness (QED) is 0.305. The summed E-state index contributed by atoms with van der Waals surface area (Å²) in [5.74, 6) is 0.597. The Morgan fingerprint density at radius 1 is 0.966 bits per heavy atom. The molecule has 0 aliphatic heterocycles. The van der Waals surface area contributed by atoms with Crippen molar-refractivity contribution >= 4 is 22.7 Å². The highest BCUT2D eigenvalue weighted by atomic mass is 32.2. The molecule has 0 aliphatic carbocycles. The molecule has 0 saturated carbocycles. The van der Waals surface area contributed by atoms with E-state index in [0.717, 1.165) is 16.8 Å². The lowest BCUT2D eigenvalue weighted by molar-refractivity contribution is 0.627. The molecule has 1 aromatic heterocycles. The van der Waals surface area contributed by atoms with Crippen LogP contribution in [0, 0.1) is 5.82 Å². The van der Waals surface area contributed by atoms with Crippen LogP contribution in [0.3, 0.4) is 0 Å². The first kappa shape index (κ1) is 19.4. The number of halogens is 1. The summed E-state index contributed by atoms with van der Waals surface area (Å²) in [4.78, 5) is 18.2. The number of aromatic nitrogens is 2. The average molecular weight is 405 g/mol. The number of rotatable bonds is 5. The Morgan fingerprint density at radius 2 is 1.66 bits per heavy atom. The lowest BCUT2D eigenvalue weighted by atomic mass is 10.0. The third-order valence-corrected chi connectivity index (χ3v) is 5.84. The van der Waals surface area contributed by atoms with Gasteiger partial charge in [0, 0.05) is 5.75 Å². The monoisotopic (exact) mass is 404 g/mol. The molecular weight excluding hydrogens is 383 g/mol. The second kappa shape index (κ2) is 8.21. The van der Waals surface area contributed by atoms with Crippen LogP contribution in [0.25, 0.3) is 16.6 Å². The molecule has 0 radical (unpaired) electrons. The molecule has 0 unspecified atom stereocenters. The minimum atomic E-state index is -0.259. The topological polar surface area (TPSA) is 34.9 Å². The molecule has 29 heavy (non-hydrogen) atoms. The summed E-state index contributed by atoms with van der Waals surface area (Å²) in [7, 11) is 0. The molecular formula is C24H21FN2OS. The molecule has 1 heterocycles. The third kappa shape index (κ3) is 3.96. The van der Waals surface area contributed by atoms with Crippen LogP contribution in [0.1, 0.15) is 30.9 Å². The van der Waals surface area contributed by atoms with E-state index in [1.807, 2.05) is 42.5 Å². The predicted octanol–water partition coefficient (Wildman–Crippen LogP) is 5.94. The van der Waals surface area contributed by atoms with Crippen LogP contribution in [-0.2, 0) is 5.75 Å². The van der Waals surface area contributed by atoms with Crippen LogP contribution in [0.5, 0.6) is 0 Å². The Labute approximate surface area is 173 Å². The molecule has 3 nitrogen and oxygen atoms in total. The van der Waals surface area contributed by atoms with E-state index in [0.29, 0.717) is 21.8 Å². The van der Waals surface area contributed by atoms with Crippen molar-refractivity contribution in [1.82, 2.24) is 9.55 Å². The molecule has 0 spiro atoms. The number of hydrogen-bond donors (Lipinski definition) is 0. The summed E-state index contributed by atoms with van der Waals surface area (Å²) in [5, 5.41) is 1.23. The normalized spacial score (nSPS) is 11.3. The van der Waals surface area contributed by atoms with Gasteiger partial charge in [-0.15, -0.1) is 0 Å². The molecule has 0 aliphatic rings. The number of thioether (sulfide) groups is 1. The van der Waals surface area contributed by atoms with E-state index < -0.39 is 0 Å². The van der Waals surface area contributed by atoms with Crippen LogP contribution in [-0.4, -0.2) is 9.55 Å². The zero-order valence-electron chi connectivity index (χ0n) is 16.3. The van der Waals surface area contributed by atoms with Crippen LogP contribution in [0.4, 0.5) is 4.39 Å². The van der Waals surface area contributed by atoms with Crippen molar-refractivity contribution in [2.24, 2.45) is 0 Å². The van der Waals surface area contributed by atoms with Gasteiger partial charge in [0.05, 0.1) is 16.6 Å². The third-order valence-electron chi connectivity index (χ3n) is 4.83. The Balaban J connectivity index is 1.87. The zero-order valence-corrected chi connectivity index (χ0v) is 17.1. The van der Waals surface area contributed by atoms with E-state index in [-0.39, 0.29) is 17.3 Å². The standard InChI is InChI=1S/C24H21FN2OS/c1-16(2)19-7-4-6-10-22(19)27-23(28)20-8-3-5-9-21(20)26-24(27)29-15-17-11-13-18(25)14-12-17/h3-14,16H,15H2,1-2H3. The van der Waals surface area contributed by atoms with Crippen molar-refractivity contribution in [1.29, 1.82) is 0 Å². The van der Waals surface area contributed by atoms with Crippen molar-refractivity contribution in [2.75, 3.05) is 0 Å². The van der Waals surface area contributed by atoms with E-state index in [1.54, 1.807) is 16.7 Å². The Kier molecular flexibility index (Phi) is 5.49. The van der Waals surface area contributed by atoms with Gasteiger partial charge in [-0.3, -0.25) is 9.36 Å². The van der Waals surface area contributed by atoms with Crippen LogP contribution in [0.15, 0.2) is 82.7 Å². The molecule has 0 saturated heterocycles. The smallest absolute Gasteiger partial charge is 0.266 e. The summed E-state index contributed by atoms with van der Waals surface area (Å²) in [6, 6.07) is 21.8. The van der Waals surface area contributed by atoms with Gasteiger partial charge < -0.3 is 0 Å². The highest BCUT2D eigenvalue weighted by molar-refractivity contribution is 7.98. The van der Waals surface area contributed by atoms with Gasteiger partial charge in [-0.1, -0.05) is 68.1 Å². The maximum atomic E-state index is 13.4. The first-order chi connectivity index (χ1) is 14.0. The summed E-state index contributed by atoms with van der Waals surface area (Å²) in [6.45, 7) is 4.23. The van der Waals surface area contributed by atoms with Gasteiger partial charge in [0.25, 0.3) is 5.56 Å². The van der Waals surface area contributed by atoms with Crippen molar-refractivity contribution < 1.29 is 4.39 Å². The average Bonchev–Trinajstić information content (AvgIpc) is 2.73. The van der Waals surface area contributed by atoms with Crippen LogP contribution >= 0.6 is 11.8 Å². The van der Waals surface area contributed by atoms with Gasteiger partial charge in [-0.25, -0.2) is 9.37 Å². The second-order valence-electron chi connectivity index (χ2n) is 7.18. The summed E-state index contributed by atoms with van der Waals surface area (Å²) in [5.41, 5.74) is 3.52. The molecule has 4 rings (SSSR count). The second-order valence-corrected chi connectivity index (χ2v) is 8.12. The predicted molar refractivity (Wildman–Crippen MR) is 117 cm³/mol. The maximum absolute atomic E-state index is 13.4. The van der Waals surface area contributed by atoms with E-state index in [9.17, 15) is 9.18 Å². The number of benzene rings is 3. The summed E-state index contributed by atoms with van der Waals surface area (Å²) >= 11 is 1.48. The lowest BCUT2D eigenvalue weighted by Crippen LogP contribution is -2.23. The SMILES string of the molecule is CC(C)c1ccccc1-n1c(SCc2ccc(F)cc2)nc2ccccc2c1=O. The van der Waals surface area contributed by atoms with Gasteiger partial charge in [-0.2, -0.15) is 0 Å². The number of nitrogens with zero attached hydrogens (tertiary/aromatic N) is 2. The van der Waals surface area contributed by atoms with Gasteiger partial charge in [0.2, 0.25) is 0 Å². The van der Waals surface area contributed by atoms with Gasteiger partial charge in [0.1, 0.15) is 5.82 Å². The first-order valence-electron chi connectivity index (χ1n) is 9.53. The fourth-order valence-corrected chi connectivity index (χ4v) is 4.29. The molecule has 0 bridgehead atoms. The molecule has 146 valence electrons. The molecule has 5 heteroatoms.